The molecule has 0 bridgehead atoms. The Hall–Kier alpha value is -0.690. The minimum atomic E-state index is -2.40. The summed E-state index contributed by atoms with van der Waals surface area (Å²) in [6.07, 6.45) is 4.66. The van der Waals surface area contributed by atoms with Crippen molar-refractivity contribution < 1.29 is 30.0 Å². The molecule has 6 nitrogen and oxygen atoms in total. The predicted molar refractivity (Wildman–Crippen MR) is 74.5 cm³/mol. The molecule has 2 unspecified atom stereocenters. The number of aliphatic hydroxyl groups is 3. The average Bonchev–Trinajstić information content (AvgIpc) is 2.38. The second-order valence-corrected chi connectivity index (χ2v) is 6.45. The molecule has 2 rings (SSSR count). The first-order chi connectivity index (χ1) is 9.92. The van der Waals surface area contributed by atoms with Crippen molar-refractivity contribution in [2.75, 3.05) is 0 Å². The first-order valence-electron chi connectivity index (χ1n) is 7.92. The van der Waals surface area contributed by atoms with E-state index < -0.39 is 36.5 Å². The van der Waals surface area contributed by atoms with Crippen LogP contribution in [0.25, 0.3) is 0 Å². The number of aliphatic hydroxyl groups excluding tert-OH is 2. The summed E-state index contributed by atoms with van der Waals surface area (Å²) >= 11 is 0. The fourth-order valence-electron chi connectivity index (χ4n) is 3.45. The van der Waals surface area contributed by atoms with E-state index in [0.717, 1.165) is 25.7 Å². The number of aliphatic carboxylic acids is 1. The van der Waals surface area contributed by atoms with Gasteiger partial charge in [-0.05, 0) is 12.3 Å². The van der Waals surface area contributed by atoms with E-state index in [1.165, 1.54) is 19.3 Å². The van der Waals surface area contributed by atoms with Crippen molar-refractivity contribution >= 4 is 5.97 Å². The Morgan fingerprint density at radius 1 is 1.10 bits per heavy atom. The molecular weight excluding hydrogens is 276 g/mol. The monoisotopic (exact) mass is 302 g/mol. The lowest BCUT2D eigenvalue weighted by molar-refractivity contribution is -0.296. The highest BCUT2D eigenvalue weighted by molar-refractivity contribution is 5.75. The second kappa shape index (κ2) is 7.05. The van der Waals surface area contributed by atoms with E-state index in [-0.39, 0.29) is 0 Å². The van der Waals surface area contributed by atoms with Crippen LogP contribution in [-0.4, -0.2) is 50.5 Å². The fraction of sp³-hybridized carbons (Fsp3) is 0.933. The molecule has 0 aromatic heterocycles. The number of hydrogen-bond acceptors (Lipinski definition) is 5. The average molecular weight is 302 g/mol. The van der Waals surface area contributed by atoms with Crippen LogP contribution in [0.15, 0.2) is 0 Å². The summed E-state index contributed by atoms with van der Waals surface area (Å²) in [7, 11) is 0. The van der Waals surface area contributed by atoms with Gasteiger partial charge in [0.2, 0.25) is 0 Å². The van der Waals surface area contributed by atoms with Gasteiger partial charge in [0.15, 0.2) is 0 Å². The van der Waals surface area contributed by atoms with Crippen LogP contribution in [0.4, 0.5) is 0 Å². The van der Waals surface area contributed by atoms with Crippen LogP contribution in [0.1, 0.15) is 57.8 Å². The number of carboxylic acid groups (broad SMARTS) is 1. The second-order valence-electron chi connectivity index (χ2n) is 6.45. The molecule has 6 heteroatoms. The van der Waals surface area contributed by atoms with E-state index in [9.17, 15) is 20.1 Å². The minimum absolute atomic E-state index is 0.341. The molecule has 21 heavy (non-hydrogen) atoms. The van der Waals surface area contributed by atoms with Gasteiger partial charge in [-0.15, -0.1) is 0 Å². The van der Waals surface area contributed by atoms with E-state index in [1.54, 1.807) is 0 Å². The van der Waals surface area contributed by atoms with Crippen LogP contribution in [0, 0.1) is 5.92 Å². The molecule has 122 valence electrons. The van der Waals surface area contributed by atoms with Gasteiger partial charge in [0.25, 0.3) is 5.79 Å². The summed E-state index contributed by atoms with van der Waals surface area (Å²) in [5, 5.41) is 38.8. The van der Waals surface area contributed by atoms with Gasteiger partial charge < -0.3 is 25.2 Å². The van der Waals surface area contributed by atoms with Crippen LogP contribution in [0.3, 0.4) is 0 Å². The van der Waals surface area contributed by atoms with E-state index in [4.69, 9.17) is 9.84 Å². The minimum Gasteiger partial charge on any atom is -0.477 e. The van der Waals surface area contributed by atoms with Crippen molar-refractivity contribution in [3.8, 4) is 0 Å². The lowest BCUT2D eigenvalue weighted by Gasteiger charge is -2.41. The Balaban J connectivity index is 2.00. The molecule has 0 aromatic carbocycles. The molecule has 4 atom stereocenters. The van der Waals surface area contributed by atoms with Crippen LogP contribution < -0.4 is 0 Å². The Labute approximate surface area is 124 Å². The standard InChI is InChI=1S/C15H26O6/c16-11-9-15(20,14(18)19)21-12(13(11)17)8-10-6-4-2-1-3-5-7-10/h10-13,16-17,20H,1-9H2,(H,18,19)/t11-,12?,13+,15?/m1/s1. The van der Waals surface area contributed by atoms with Gasteiger partial charge in [-0.2, -0.15) is 0 Å². The number of carbonyl (C=O) groups is 1. The molecule has 2 fully saturated rings. The topological polar surface area (TPSA) is 107 Å². The molecule has 4 N–H and O–H groups in total. The molecule has 0 radical (unpaired) electrons. The number of hydrogen-bond donors (Lipinski definition) is 4. The summed E-state index contributed by atoms with van der Waals surface area (Å²) in [6, 6.07) is 0. The van der Waals surface area contributed by atoms with Crippen LogP contribution in [-0.2, 0) is 9.53 Å². The van der Waals surface area contributed by atoms with Crippen molar-refractivity contribution in [3.63, 3.8) is 0 Å². The van der Waals surface area contributed by atoms with Crippen LogP contribution in [0.5, 0.6) is 0 Å². The maximum Gasteiger partial charge on any atom is 0.364 e. The van der Waals surface area contributed by atoms with Gasteiger partial charge >= 0.3 is 5.97 Å². The maximum atomic E-state index is 11.1. The summed E-state index contributed by atoms with van der Waals surface area (Å²) in [5.74, 6) is -3.57. The van der Waals surface area contributed by atoms with Crippen molar-refractivity contribution in [2.45, 2.75) is 81.9 Å². The molecule has 0 amide bonds. The highest BCUT2D eigenvalue weighted by Gasteiger charge is 2.50. The number of carboxylic acids is 1. The van der Waals surface area contributed by atoms with Crippen molar-refractivity contribution in [2.24, 2.45) is 5.92 Å². The molecule has 1 saturated carbocycles. The van der Waals surface area contributed by atoms with Crippen LogP contribution >= 0.6 is 0 Å². The fourth-order valence-corrected chi connectivity index (χ4v) is 3.45. The van der Waals surface area contributed by atoms with Gasteiger partial charge in [-0.25, -0.2) is 4.79 Å². The highest BCUT2D eigenvalue weighted by atomic mass is 16.7. The molecular formula is C15H26O6. The summed E-state index contributed by atoms with van der Waals surface area (Å²) in [4.78, 5) is 11.1. The molecule has 1 heterocycles. The smallest absolute Gasteiger partial charge is 0.364 e. The SMILES string of the molecule is O=C(O)C1(O)C[C@@H](O)[C@H](O)C(CC2CCCCCCC2)O1. The third kappa shape index (κ3) is 4.16. The normalized spacial score (nSPS) is 39.5. The van der Waals surface area contributed by atoms with E-state index in [2.05, 4.69) is 0 Å². The Morgan fingerprint density at radius 3 is 2.24 bits per heavy atom. The third-order valence-corrected chi connectivity index (χ3v) is 4.73. The lowest BCUT2D eigenvalue weighted by atomic mass is 9.84. The number of rotatable bonds is 3. The van der Waals surface area contributed by atoms with Gasteiger partial charge in [0, 0.05) is 6.42 Å². The Morgan fingerprint density at radius 2 is 1.67 bits per heavy atom. The first kappa shape index (κ1) is 16.7. The summed E-state index contributed by atoms with van der Waals surface area (Å²) in [5.41, 5.74) is 0. The largest absolute Gasteiger partial charge is 0.477 e. The van der Waals surface area contributed by atoms with E-state index in [1.807, 2.05) is 0 Å². The highest BCUT2D eigenvalue weighted by Crippen LogP contribution is 2.34. The zero-order valence-electron chi connectivity index (χ0n) is 12.3. The third-order valence-electron chi connectivity index (χ3n) is 4.73. The zero-order chi connectivity index (χ0) is 15.5. The zero-order valence-corrected chi connectivity index (χ0v) is 12.3. The van der Waals surface area contributed by atoms with Gasteiger partial charge in [-0.1, -0.05) is 44.9 Å². The summed E-state index contributed by atoms with van der Waals surface area (Å²) < 4.78 is 5.24. The Bertz CT molecular complexity index is 352. The van der Waals surface area contributed by atoms with Crippen molar-refractivity contribution in [1.29, 1.82) is 0 Å². The van der Waals surface area contributed by atoms with E-state index in [0.29, 0.717) is 12.3 Å². The van der Waals surface area contributed by atoms with Crippen molar-refractivity contribution in [1.82, 2.24) is 0 Å². The maximum absolute atomic E-state index is 11.1. The Kier molecular flexibility index (Phi) is 5.60. The quantitative estimate of drug-likeness (QED) is 0.620. The summed E-state index contributed by atoms with van der Waals surface area (Å²) in [6.45, 7) is 0. The van der Waals surface area contributed by atoms with E-state index >= 15 is 0 Å². The number of ether oxygens (including phenoxy) is 1. The molecule has 1 saturated heterocycles. The van der Waals surface area contributed by atoms with Gasteiger partial charge in [0.1, 0.15) is 6.10 Å². The molecule has 0 aromatic rings. The lowest BCUT2D eigenvalue weighted by Crippen LogP contribution is -2.58. The van der Waals surface area contributed by atoms with Gasteiger partial charge in [-0.3, -0.25) is 0 Å². The van der Waals surface area contributed by atoms with Crippen molar-refractivity contribution in [3.05, 3.63) is 0 Å². The molecule has 2 aliphatic rings. The molecule has 1 aliphatic carbocycles. The van der Waals surface area contributed by atoms with Gasteiger partial charge in [0.05, 0.1) is 12.2 Å². The molecule has 1 aliphatic heterocycles. The van der Waals surface area contributed by atoms with Crippen LogP contribution in [0.2, 0.25) is 0 Å². The molecule has 0 spiro atoms. The predicted octanol–water partition coefficient (Wildman–Crippen LogP) is 1.02. The first-order valence-corrected chi connectivity index (χ1v) is 7.92.